The van der Waals surface area contributed by atoms with Crippen molar-refractivity contribution in [3.63, 3.8) is 0 Å². The second kappa shape index (κ2) is 6.05. The lowest BCUT2D eigenvalue weighted by molar-refractivity contribution is -0.389. The smallest absolute Gasteiger partial charge is 0.340 e. The normalized spacial score (nSPS) is 17.0. The molecule has 110 valence electrons. The molecule has 1 saturated heterocycles. The molecule has 1 aliphatic heterocycles. The van der Waals surface area contributed by atoms with Crippen molar-refractivity contribution < 1.29 is 4.92 Å². The summed E-state index contributed by atoms with van der Waals surface area (Å²) in [4.78, 5) is 19.9. The van der Waals surface area contributed by atoms with Crippen molar-refractivity contribution in [1.82, 2.24) is 14.9 Å². The van der Waals surface area contributed by atoms with Crippen molar-refractivity contribution in [1.29, 1.82) is 0 Å². The Hall–Kier alpha value is -2.21. The fourth-order valence-corrected chi connectivity index (χ4v) is 2.85. The summed E-state index contributed by atoms with van der Waals surface area (Å²) in [6, 6.07) is 10.1. The van der Waals surface area contributed by atoms with Crippen LogP contribution in [0.4, 0.5) is 5.82 Å². The largest absolute Gasteiger partial charge is 0.358 e. The molecule has 2 heterocycles. The van der Waals surface area contributed by atoms with Crippen LogP contribution < -0.4 is 0 Å². The third-order valence-electron chi connectivity index (χ3n) is 3.95. The summed E-state index contributed by atoms with van der Waals surface area (Å²) in [5.74, 6) is 0.658. The molecule has 6 heteroatoms. The number of nitro groups is 1. The minimum atomic E-state index is -0.436. The Morgan fingerprint density at radius 1 is 1.29 bits per heavy atom. The van der Waals surface area contributed by atoms with Gasteiger partial charge in [-0.25, -0.2) is 9.97 Å². The van der Waals surface area contributed by atoms with Crippen LogP contribution >= 0.6 is 0 Å². The monoisotopic (exact) mass is 286 g/mol. The van der Waals surface area contributed by atoms with Crippen LogP contribution in [0.25, 0.3) is 0 Å². The zero-order valence-electron chi connectivity index (χ0n) is 11.7. The van der Waals surface area contributed by atoms with E-state index in [9.17, 15) is 10.1 Å². The van der Waals surface area contributed by atoms with Gasteiger partial charge in [0.2, 0.25) is 5.82 Å². The minimum absolute atomic E-state index is 0.0398. The van der Waals surface area contributed by atoms with E-state index in [1.807, 2.05) is 18.2 Å². The Balaban J connectivity index is 1.88. The number of likely N-dealkylation sites (tertiary alicyclic amines) is 1. The summed E-state index contributed by atoms with van der Waals surface area (Å²) in [6.07, 6.45) is 3.74. The fraction of sp³-hybridized carbons (Fsp3) is 0.400. The maximum absolute atomic E-state index is 10.8. The van der Waals surface area contributed by atoms with Gasteiger partial charge in [-0.05, 0) is 36.4 Å². The van der Waals surface area contributed by atoms with Gasteiger partial charge in [0.05, 0.1) is 5.92 Å². The number of imidazole rings is 1. The van der Waals surface area contributed by atoms with E-state index in [0.717, 1.165) is 25.2 Å². The highest BCUT2D eigenvalue weighted by Crippen LogP contribution is 2.26. The van der Waals surface area contributed by atoms with E-state index in [2.05, 4.69) is 27.0 Å². The molecular weight excluding hydrogens is 268 g/mol. The molecule has 1 fully saturated rings. The molecule has 0 spiro atoms. The standard InChI is InChI=1S/C15H18N4O2/c20-19(21)14-10-16-15(17-14)13(11-18-8-4-5-9-18)12-6-2-1-3-7-12/h1-3,6-7,10,13H,4-5,8-9,11H2,(H,16,17). The van der Waals surface area contributed by atoms with Crippen molar-refractivity contribution in [3.8, 4) is 0 Å². The Morgan fingerprint density at radius 3 is 2.62 bits per heavy atom. The quantitative estimate of drug-likeness (QED) is 0.677. The number of hydrogen-bond donors (Lipinski definition) is 1. The second-order valence-corrected chi connectivity index (χ2v) is 5.38. The Kier molecular flexibility index (Phi) is 3.96. The molecule has 0 aliphatic carbocycles. The summed E-state index contributed by atoms with van der Waals surface area (Å²) in [6.45, 7) is 3.02. The fourth-order valence-electron chi connectivity index (χ4n) is 2.85. The number of H-pyrrole nitrogens is 1. The predicted octanol–water partition coefficient (Wildman–Crippen LogP) is 2.55. The lowest BCUT2D eigenvalue weighted by Gasteiger charge is -2.21. The van der Waals surface area contributed by atoms with Gasteiger partial charge in [-0.3, -0.25) is 0 Å². The van der Waals surface area contributed by atoms with E-state index in [-0.39, 0.29) is 11.7 Å². The van der Waals surface area contributed by atoms with Gasteiger partial charge in [-0.2, -0.15) is 0 Å². The van der Waals surface area contributed by atoms with E-state index in [1.165, 1.54) is 19.0 Å². The molecule has 6 nitrogen and oxygen atoms in total. The summed E-state index contributed by atoms with van der Waals surface area (Å²) >= 11 is 0. The van der Waals surface area contributed by atoms with Crippen LogP contribution in [0.2, 0.25) is 0 Å². The first kappa shape index (κ1) is 13.8. The molecule has 21 heavy (non-hydrogen) atoms. The average molecular weight is 286 g/mol. The molecule has 0 saturated carbocycles. The maximum Gasteiger partial charge on any atom is 0.340 e. The van der Waals surface area contributed by atoms with Crippen LogP contribution in [0.3, 0.4) is 0 Å². The number of rotatable bonds is 5. The van der Waals surface area contributed by atoms with Gasteiger partial charge in [0.25, 0.3) is 0 Å². The second-order valence-electron chi connectivity index (χ2n) is 5.38. The minimum Gasteiger partial charge on any atom is -0.358 e. The lowest BCUT2D eigenvalue weighted by atomic mass is 9.98. The maximum atomic E-state index is 10.8. The van der Waals surface area contributed by atoms with Gasteiger partial charge in [-0.15, -0.1) is 0 Å². The van der Waals surface area contributed by atoms with E-state index in [0.29, 0.717) is 5.82 Å². The van der Waals surface area contributed by atoms with Crippen molar-refractivity contribution >= 4 is 5.82 Å². The van der Waals surface area contributed by atoms with Crippen LogP contribution in [0.15, 0.2) is 36.5 Å². The zero-order chi connectivity index (χ0) is 14.7. The van der Waals surface area contributed by atoms with Crippen molar-refractivity contribution in [2.24, 2.45) is 0 Å². The molecule has 2 aromatic rings. The highest BCUT2D eigenvalue weighted by atomic mass is 16.6. The van der Waals surface area contributed by atoms with Crippen molar-refractivity contribution in [3.05, 3.63) is 58.0 Å². The lowest BCUT2D eigenvalue weighted by Crippen LogP contribution is -2.26. The first-order valence-corrected chi connectivity index (χ1v) is 7.20. The summed E-state index contributed by atoms with van der Waals surface area (Å²) in [7, 11) is 0. The molecule has 1 aromatic heterocycles. The molecule has 0 bridgehead atoms. The Bertz CT molecular complexity index is 605. The Morgan fingerprint density at radius 2 is 2.00 bits per heavy atom. The first-order chi connectivity index (χ1) is 10.2. The van der Waals surface area contributed by atoms with Gasteiger partial charge < -0.3 is 15.0 Å². The summed E-state index contributed by atoms with van der Waals surface area (Å²) in [5.41, 5.74) is 1.13. The molecule has 3 rings (SSSR count). The molecule has 1 aliphatic rings. The van der Waals surface area contributed by atoms with E-state index in [1.54, 1.807) is 0 Å². The first-order valence-electron chi connectivity index (χ1n) is 7.20. The Labute approximate surface area is 123 Å². The topological polar surface area (TPSA) is 75.1 Å². The summed E-state index contributed by atoms with van der Waals surface area (Å²) < 4.78 is 0. The average Bonchev–Trinajstić information content (AvgIpc) is 3.17. The predicted molar refractivity (Wildman–Crippen MR) is 79.2 cm³/mol. The number of nitrogens with one attached hydrogen (secondary N) is 1. The third-order valence-corrected chi connectivity index (χ3v) is 3.95. The van der Waals surface area contributed by atoms with Crippen LogP contribution in [0, 0.1) is 10.1 Å². The third kappa shape index (κ3) is 3.11. The van der Waals surface area contributed by atoms with Gasteiger partial charge in [0.15, 0.2) is 0 Å². The van der Waals surface area contributed by atoms with E-state index in [4.69, 9.17) is 0 Å². The highest BCUT2D eigenvalue weighted by Gasteiger charge is 2.26. The van der Waals surface area contributed by atoms with Crippen LogP contribution in [0.1, 0.15) is 30.1 Å². The van der Waals surface area contributed by atoms with Crippen molar-refractivity contribution in [2.75, 3.05) is 19.6 Å². The van der Waals surface area contributed by atoms with E-state index < -0.39 is 4.92 Å². The molecule has 1 aromatic carbocycles. The van der Waals surface area contributed by atoms with Crippen LogP contribution in [-0.4, -0.2) is 39.4 Å². The van der Waals surface area contributed by atoms with E-state index >= 15 is 0 Å². The SMILES string of the molecule is O=[N+]([O-])c1cnc(C(CN2CCCC2)c2ccccc2)[nH]1. The van der Waals surface area contributed by atoms with Crippen LogP contribution in [-0.2, 0) is 0 Å². The zero-order valence-corrected chi connectivity index (χ0v) is 11.7. The molecular formula is C15H18N4O2. The number of hydrogen-bond acceptors (Lipinski definition) is 4. The molecule has 1 unspecified atom stereocenters. The number of nitrogens with zero attached hydrogens (tertiary/aromatic N) is 3. The van der Waals surface area contributed by atoms with Crippen molar-refractivity contribution in [2.45, 2.75) is 18.8 Å². The van der Waals surface area contributed by atoms with Gasteiger partial charge >= 0.3 is 5.82 Å². The number of aromatic nitrogens is 2. The van der Waals surface area contributed by atoms with Gasteiger partial charge in [0, 0.05) is 6.54 Å². The van der Waals surface area contributed by atoms with Gasteiger partial charge in [0.1, 0.15) is 6.20 Å². The number of aromatic amines is 1. The molecule has 1 N–H and O–H groups in total. The number of benzene rings is 1. The van der Waals surface area contributed by atoms with Gasteiger partial charge in [-0.1, -0.05) is 30.3 Å². The molecule has 0 radical (unpaired) electrons. The highest BCUT2D eigenvalue weighted by molar-refractivity contribution is 5.29. The van der Waals surface area contributed by atoms with Crippen LogP contribution in [0.5, 0.6) is 0 Å². The summed E-state index contributed by atoms with van der Waals surface area (Å²) in [5, 5.41) is 10.8. The molecule has 1 atom stereocenters. The molecule has 0 amide bonds.